The number of benzene rings is 1. The number of aliphatic imine (C=N–C) groups is 1. The van der Waals surface area contributed by atoms with Crippen LogP contribution in [0.3, 0.4) is 0 Å². The second kappa shape index (κ2) is 2.91. The zero-order valence-corrected chi connectivity index (χ0v) is 7.96. The van der Waals surface area contributed by atoms with Crippen molar-refractivity contribution in [2.24, 2.45) is 10.7 Å². The third kappa shape index (κ3) is 1.20. The van der Waals surface area contributed by atoms with E-state index in [-0.39, 0.29) is 0 Å². The van der Waals surface area contributed by atoms with Crippen LogP contribution in [0.2, 0.25) is 0 Å². The van der Waals surface area contributed by atoms with E-state index in [0.717, 1.165) is 17.2 Å². The van der Waals surface area contributed by atoms with Gasteiger partial charge in [0, 0.05) is 0 Å². The van der Waals surface area contributed by atoms with Crippen LogP contribution < -0.4 is 5.73 Å². The lowest BCUT2D eigenvalue weighted by Gasteiger charge is -2.04. The van der Waals surface area contributed by atoms with Gasteiger partial charge in [0.1, 0.15) is 18.0 Å². The fourth-order valence-corrected chi connectivity index (χ4v) is 1.70. The van der Waals surface area contributed by atoms with Gasteiger partial charge >= 0.3 is 0 Å². The Labute approximate surface area is 86.3 Å². The molecule has 1 aliphatic rings. The number of nitrogens with two attached hydrogens (primary N) is 1. The molecule has 0 fully saturated rings. The molecule has 5 nitrogen and oxygen atoms in total. The van der Waals surface area contributed by atoms with Crippen molar-refractivity contribution in [3.63, 3.8) is 0 Å². The number of fused-ring (bicyclic) bond motifs is 3. The topological polar surface area (TPSA) is 69.1 Å². The first-order valence-electron chi connectivity index (χ1n) is 4.66. The van der Waals surface area contributed by atoms with E-state index in [4.69, 9.17) is 5.73 Å². The predicted molar refractivity (Wildman–Crippen MR) is 56.3 cm³/mol. The Hall–Kier alpha value is -2.17. The molecule has 2 N–H and O–H groups in total. The van der Waals surface area contributed by atoms with Crippen molar-refractivity contribution in [3.05, 3.63) is 36.4 Å². The quantitative estimate of drug-likeness (QED) is 0.682. The lowest BCUT2D eigenvalue weighted by Crippen LogP contribution is -2.15. The molecule has 0 atom stereocenters. The third-order valence-electron chi connectivity index (χ3n) is 2.36. The van der Waals surface area contributed by atoms with Crippen LogP contribution in [0.25, 0.3) is 5.69 Å². The van der Waals surface area contributed by atoms with Gasteiger partial charge in [0.25, 0.3) is 0 Å². The van der Waals surface area contributed by atoms with Crippen LogP contribution in [-0.2, 0) is 6.42 Å². The van der Waals surface area contributed by atoms with E-state index in [2.05, 4.69) is 15.2 Å². The molecule has 0 saturated heterocycles. The number of hydrogen-bond acceptors (Lipinski definition) is 4. The number of para-hydroxylation sites is 2. The van der Waals surface area contributed by atoms with E-state index in [9.17, 15) is 0 Å². The summed E-state index contributed by atoms with van der Waals surface area (Å²) < 4.78 is 1.92. The van der Waals surface area contributed by atoms with Crippen LogP contribution in [-0.4, -0.2) is 20.6 Å². The van der Waals surface area contributed by atoms with Gasteiger partial charge in [-0.25, -0.2) is 4.99 Å². The highest BCUT2D eigenvalue weighted by molar-refractivity contribution is 5.87. The molecule has 5 heteroatoms. The van der Waals surface area contributed by atoms with Gasteiger partial charge in [-0.2, -0.15) is 0 Å². The van der Waals surface area contributed by atoms with Gasteiger partial charge in [0.2, 0.25) is 0 Å². The van der Waals surface area contributed by atoms with Gasteiger partial charge in [-0.3, -0.25) is 4.57 Å². The predicted octanol–water partition coefficient (Wildman–Crippen LogP) is 0.812. The SMILES string of the molecule is NC1=Nc2ccccc2-n2cnnc2C1. The first kappa shape index (κ1) is 8.16. The Balaban J connectivity index is 2.34. The van der Waals surface area contributed by atoms with Crippen molar-refractivity contribution in [3.8, 4) is 5.69 Å². The highest BCUT2D eigenvalue weighted by atomic mass is 15.3. The number of nitrogens with zero attached hydrogens (tertiary/aromatic N) is 4. The van der Waals surface area contributed by atoms with Crippen molar-refractivity contribution < 1.29 is 0 Å². The summed E-state index contributed by atoms with van der Waals surface area (Å²) in [5, 5.41) is 7.90. The van der Waals surface area contributed by atoms with Crippen molar-refractivity contribution in [2.75, 3.05) is 0 Å². The van der Waals surface area contributed by atoms with Gasteiger partial charge < -0.3 is 5.73 Å². The summed E-state index contributed by atoms with van der Waals surface area (Å²) in [7, 11) is 0. The van der Waals surface area contributed by atoms with Crippen LogP contribution in [0.1, 0.15) is 5.82 Å². The van der Waals surface area contributed by atoms with Gasteiger partial charge in [0.05, 0.1) is 17.8 Å². The van der Waals surface area contributed by atoms with Crippen molar-refractivity contribution in [1.82, 2.24) is 14.8 Å². The van der Waals surface area contributed by atoms with E-state index >= 15 is 0 Å². The van der Waals surface area contributed by atoms with E-state index in [0.29, 0.717) is 12.3 Å². The maximum atomic E-state index is 5.79. The fraction of sp³-hybridized carbons (Fsp3) is 0.100. The Bertz CT molecular complexity index is 540. The summed E-state index contributed by atoms with van der Waals surface area (Å²) in [5.41, 5.74) is 7.62. The molecule has 1 aromatic carbocycles. The lowest BCUT2D eigenvalue weighted by molar-refractivity contribution is 0.944. The monoisotopic (exact) mass is 199 g/mol. The number of rotatable bonds is 0. The first-order chi connectivity index (χ1) is 7.34. The molecule has 0 aliphatic carbocycles. The number of aromatic nitrogens is 3. The molecule has 0 spiro atoms. The zero-order valence-electron chi connectivity index (χ0n) is 7.96. The maximum Gasteiger partial charge on any atom is 0.145 e. The molecular formula is C10H9N5. The standard InChI is InChI=1S/C10H9N5/c11-9-5-10-14-12-6-15(10)8-4-2-1-3-7(8)13-9/h1-4,6H,5H2,(H2,11,13). The van der Waals surface area contributed by atoms with E-state index < -0.39 is 0 Å². The average Bonchev–Trinajstić information content (AvgIpc) is 2.62. The Morgan fingerprint density at radius 3 is 3.07 bits per heavy atom. The molecule has 0 saturated carbocycles. The van der Waals surface area contributed by atoms with E-state index in [1.165, 1.54) is 0 Å². The minimum Gasteiger partial charge on any atom is -0.387 e. The summed E-state index contributed by atoms with van der Waals surface area (Å²) in [5.74, 6) is 1.38. The summed E-state index contributed by atoms with van der Waals surface area (Å²) in [4.78, 5) is 4.33. The van der Waals surface area contributed by atoms with Gasteiger partial charge in [-0.15, -0.1) is 10.2 Å². The molecule has 1 aliphatic heterocycles. The molecule has 3 rings (SSSR count). The first-order valence-corrected chi connectivity index (χ1v) is 4.66. The van der Waals surface area contributed by atoms with Crippen LogP contribution in [0, 0.1) is 0 Å². The van der Waals surface area contributed by atoms with E-state index in [1.54, 1.807) is 6.33 Å². The molecular weight excluding hydrogens is 190 g/mol. The fourth-order valence-electron chi connectivity index (χ4n) is 1.70. The van der Waals surface area contributed by atoms with Crippen LogP contribution in [0.5, 0.6) is 0 Å². The molecule has 0 radical (unpaired) electrons. The van der Waals surface area contributed by atoms with Crippen molar-refractivity contribution in [2.45, 2.75) is 6.42 Å². The summed E-state index contributed by atoms with van der Waals surface area (Å²) in [6.45, 7) is 0. The zero-order chi connectivity index (χ0) is 10.3. The minimum atomic E-state index is 0.536. The summed E-state index contributed by atoms with van der Waals surface area (Å²) in [6, 6.07) is 7.80. The smallest absolute Gasteiger partial charge is 0.145 e. The highest BCUT2D eigenvalue weighted by Gasteiger charge is 2.14. The van der Waals surface area contributed by atoms with Crippen molar-refractivity contribution >= 4 is 11.5 Å². The van der Waals surface area contributed by atoms with Gasteiger partial charge in [-0.1, -0.05) is 12.1 Å². The summed E-state index contributed by atoms with van der Waals surface area (Å²) >= 11 is 0. The van der Waals surface area contributed by atoms with Crippen molar-refractivity contribution in [1.29, 1.82) is 0 Å². The number of amidine groups is 1. The lowest BCUT2D eigenvalue weighted by atomic mass is 10.2. The summed E-state index contributed by atoms with van der Waals surface area (Å²) in [6.07, 6.45) is 2.22. The Morgan fingerprint density at radius 2 is 2.13 bits per heavy atom. The molecule has 1 aromatic heterocycles. The second-order valence-corrected chi connectivity index (χ2v) is 3.39. The Morgan fingerprint density at radius 1 is 1.27 bits per heavy atom. The largest absolute Gasteiger partial charge is 0.387 e. The average molecular weight is 199 g/mol. The van der Waals surface area contributed by atoms with Crippen LogP contribution in [0.4, 0.5) is 5.69 Å². The highest BCUT2D eigenvalue weighted by Crippen LogP contribution is 2.26. The molecule has 2 aromatic rings. The Kier molecular flexibility index (Phi) is 1.58. The van der Waals surface area contributed by atoms with Crippen LogP contribution >= 0.6 is 0 Å². The molecule has 15 heavy (non-hydrogen) atoms. The van der Waals surface area contributed by atoms with Gasteiger partial charge in [0.15, 0.2) is 0 Å². The molecule has 0 amide bonds. The second-order valence-electron chi connectivity index (χ2n) is 3.39. The third-order valence-corrected chi connectivity index (χ3v) is 2.36. The minimum absolute atomic E-state index is 0.536. The molecule has 2 heterocycles. The molecule has 0 unspecified atom stereocenters. The maximum absolute atomic E-state index is 5.79. The normalized spacial score (nSPS) is 13.7. The van der Waals surface area contributed by atoms with Gasteiger partial charge in [-0.05, 0) is 12.1 Å². The van der Waals surface area contributed by atoms with E-state index in [1.807, 2.05) is 28.8 Å². The number of hydrogen-bond donors (Lipinski definition) is 1. The van der Waals surface area contributed by atoms with Crippen LogP contribution in [0.15, 0.2) is 35.6 Å². The molecule has 0 bridgehead atoms. The molecule has 74 valence electrons.